The smallest absolute Gasteiger partial charge is 0.264 e. The van der Waals surface area contributed by atoms with Gasteiger partial charge in [0, 0.05) is 42.9 Å². The lowest BCUT2D eigenvalue weighted by atomic mass is 9.86. The molecule has 0 bridgehead atoms. The molecule has 0 N–H and O–H groups in total. The number of rotatable bonds is 5. The van der Waals surface area contributed by atoms with Crippen LogP contribution in [-0.4, -0.2) is 20.9 Å². The molecule has 0 aliphatic heterocycles. The van der Waals surface area contributed by atoms with Crippen molar-refractivity contribution >= 4 is 11.6 Å². The zero-order valence-electron chi connectivity index (χ0n) is 14.8. The lowest BCUT2D eigenvalue weighted by molar-refractivity contribution is -0.211. The molecule has 144 valence electrons. The highest BCUT2D eigenvalue weighted by atomic mass is 35.5. The maximum atomic E-state index is 14.2. The van der Waals surface area contributed by atoms with Crippen molar-refractivity contribution in [3.63, 3.8) is 0 Å². The Kier molecular flexibility index (Phi) is 5.38. The van der Waals surface area contributed by atoms with Gasteiger partial charge in [-0.1, -0.05) is 25.4 Å². The fraction of sp³-hybridized carbons (Fsp3) is 0.529. The van der Waals surface area contributed by atoms with Crippen LogP contribution >= 0.6 is 11.6 Å². The Bertz CT molecular complexity index is 791. The molecule has 3 nitrogen and oxygen atoms in total. The Morgan fingerprint density at radius 1 is 1.08 bits per heavy atom. The predicted molar refractivity (Wildman–Crippen MR) is 89.3 cm³/mol. The van der Waals surface area contributed by atoms with Crippen molar-refractivity contribution in [3.8, 4) is 11.3 Å². The summed E-state index contributed by atoms with van der Waals surface area (Å²) in [4.78, 5) is 3.99. The van der Waals surface area contributed by atoms with Gasteiger partial charge in [0.1, 0.15) is 0 Å². The first-order chi connectivity index (χ1) is 11.8. The normalized spacial score (nSPS) is 13.3. The van der Waals surface area contributed by atoms with Crippen molar-refractivity contribution < 1.29 is 22.0 Å². The predicted octanol–water partition coefficient (Wildman–Crippen LogP) is 5.86. The van der Waals surface area contributed by atoms with E-state index in [0.717, 1.165) is 26.1 Å². The summed E-state index contributed by atoms with van der Waals surface area (Å²) < 4.78 is 69.1. The van der Waals surface area contributed by atoms with Crippen LogP contribution in [0.15, 0.2) is 18.5 Å². The van der Waals surface area contributed by atoms with Gasteiger partial charge in [0.05, 0.1) is 22.3 Å². The largest absolute Gasteiger partial charge is 0.394 e. The van der Waals surface area contributed by atoms with E-state index >= 15 is 0 Å². The van der Waals surface area contributed by atoms with E-state index in [9.17, 15) is 22.0 Å². The molecule has 0 saturated carbocycles. The van der Waals surface area contributed by atoms with Gasteiger partial charge in [-0.25, -0.2) is 8.78 Å². The van der Waals surface area contributed by atoms with Gasteiger partial charge in [0.15, 0.2) is 0 Å². The SMILES string of the molecule is CCn1ncc(Cl)c1-c1cnc(CC(C)(C)C(F)(F)F)cc1C(C)(F)F. The number of hydrogen-bond donors (Lipinski definition) is 0. The van der Waals surface area contributed by atoms with E-state index in [2.05, 4.69) is 10.1 Å². The lowest BCUT2D eigenvalue weighted by Gasteiger charge is -2.28. The van der Waals surface area contributed by atoms with E-state index < -0.39 is 29.5 Å². The average Bonchev–Trinajstić information content (AvgIpc) is 2.85. The summed E-state index contributed by atoms with van der Waals surface area (Å²) in [6, 6.07) is 1.02. The molecule has 2 aromatic heterocycles. The minimum Gasteiger partial charge on any atom is -0.264 e. The highest BCUT2D eigenvalue weighted by Gasteiger charge is 2.47. The zero-order chi connectivity index (χ0) is 19.9. The third-order valence-electron chi connectivity index (χ3n) is 4.17. The van der Waals surface area contributed by atoms with Crippen molar-refractivity contribution in [2.45, 2.75) is 52.8 Å². The standard InChI is InChI=1S/C17H19ClF5N3/c1-5-26-14(13(18)9-25-26)11-8-24-10(6-12(11)16(4,19)20)7-15(2,3)17(21,22)23/h6,8-9H,5,7H2,1-4H3. The maximum Gasteiger partial charge on any atom is 0.394 e. The number of halogens is 6. The maximum absolute atomic E-state index is 14.2. The molecule has 0 aliphatic rings. The highest BCUT2D eigenvalue weighted by Crippen LogP contribution is 2.42. The summed E-state index contributed by atoms with van der Waals surface area (Å²) in [6.45, 7) is 4.86. The Labute approximate surface area is 153 Å². The third kappa shape index (κ3) is 4.00. The summed E-state index contributed by atoms with van der Waals surface area (Å²) in [5, 5.41) is 4.18. The molecular formula is C17H19ClF5N3. The first-order valence-corrected chi connectivity index (χ1v) is 8.31. The highest BCUT2D eigenvalue weighted by molar-refractivity contribution is 6.33. The monoisotopic (exact) mass is 395 g/mol. The van der Waals surface area contributed by atoms with E-state index in [4.69, 9.17) is 11.6 Å². The van der Waals surface area contributed by atoms with Gasteiger partial charge in [-0.3, -0.25) is 9.67 Å². The molecular weight excluding hydrogens is 377 g/mol. The Morgan fingerprint density at radius 2 is 1.69 bits per heavy atom. The van der Waals surface area contributed by atoms with Crippen molar-refractivity contribution in [2.75, 3.05) is 0 Å². The molecule has 0 aromatic carbocycles. The minimum atomic E-state index is -4.48. The van der Waals surface area contributed by atoms with Crippen molar-refractivity contribution in [3.05, 3.63) is 34.7 Å². The molecule has 0 spiro atoms. The molecule has 2 aromatic rings. The number of alkyl halides is 5. The van der Waals surface area contributed by atoms with E-state index in [1.165, 1.54) is 10.9 Å². The molecule has 0 unspecified atom stereocenters. The van der Waals surface area contributed by atoms with Crippen molar-refractivity contribution in [1.29, 1.82) is 0 Å². The van der Waals surface area contributed by atoms with E-state index in [0.29, 0.717) is 13.5 Å². The van der Waals surface area contributed by atoms with Gasteiger partial charge in [-0.15, -0.1) is 0 Å². The van der Waals surface area contributed by atoms with Crippen LogP contribution in [0.25, 0.3) is 11.3 Å². The summed E-state index contributed by atoms with van der Waals surface area (Å²) in [7, 11) is 0. The van der Waals surface area contributed by atoms with Crippen LogP contribution in [0.3, 0.4) is 0 Å². The van der Waals surface area contributed by atoms with E-state index in [-0.39, 0.29) is 22.0 Å². The molecule has 9 heteroatoms. The fourth-order valence-electron chi connectivity index (χ4n) is 2.57. The van der Waals surface area contributed by atoms with Gasteiger partial charge >= 0.3 is 6.18 Å². The first kappa shape index (κ1) is 20.6. The second-order valence-corrected chi connectivity index (χ2v) is 7.23. The van der Waals surface area contributed by atoms with Gasteiger partial charge in [-0.2, -0.15) is 18.3 Å². The van der Waals surface area contributed by atoms with E-state index in [1.807, 2.05) is 0 Å². The zero-order valence-corrected chi connectivity index (χ0v) is 15.5. The molecule has 26 heavy (non-hydrogen) atoms. The van der Waals surface area contributed by atoms with Crippen LogP contribution in [0.4, 0.5) is 22.0 Å². The molecule has 0 atom stereocenters. The van der Waals surface area contributed by atoms with E-state index in [1.54, 1.807) is 6.92 Å². The molecule has 2 rings (SSSR count). The van der Waals surface area contributed by atoms with Crippen LogP contribution in [-0.2, 0) is 18.9 Å². The van der Waals surface area contributed by atoms with Crippen LogP contribution in [0.1, 0.15) is 39.0 Å². The summed E-state index contributed by atoms with van der Waals surface area (Å²) >= 11 is 6.08. The summed E-state index contributed by atoms with van der Waals surface area (Å²) in [5.74, 6) is -3.29. The quantitative estimate of drug-likeness (QED) is 0.593. The third-order valence-corrected chi connectivity index (χ3v) is 4.45. The van der Waals surface area contributed by atoms with Crippen molar-refractivity contribution in [1.82, 2.24) is 14.8 Å². The number of hydrogen-bond acceptors (Lipinski definition) is 2. The Balaban J connectivity index is 2.59. The minimum absolute atomic E-state index is 0.0513. The molecule has 0 fully saturated rings. The van der Waals surface area contributed by atoms with Crippen molar-refractivity contribution in [2.24, 2.45) is 5.41 Å². The first-order valence-electron chi connectivity index (χ1n) is 7.93. The Morgan fingerprint density at radius 3 is 2.19 bits per heavy atom. The number of pyridine rings is 1. The molecule has 0 radical (unpaired) electrons. The van der Waals surface area contributed by atoms with Gasteiger partial charge < -0.3 is 0 Å². The Hall–Kier alpha value is -1.70. The topological polar surface area (TPSA) is 30.7 Å². The lowest BCUT2D eigenvalue weighted by Crippen LogP contribution is -2.34. The number of aryl methyl sites for hydroxylation is 1. The fourth-order valence-corrected chi connectivity index (χ4v) is 2.81. The number of aromatic nitrogens is 3. The van der Waals surface area contributed by atoms with Crippen LogP contribution < -0.4 is 0 Å². The molecule has 0 amide bonds. The summed E-state index contributed by atoms with van der Waals surface area (Å²) in [5.41, 5.74) is -2.27. The van der Waals surface area contributed by atoms with Gasteiger partial charge in [0.25, 0.3) is 5.92 Å². The number of nitrogens with zero attached hydrogens (tertiary/aromatic N) is 3. The van der Waals surface area contributed by atoms with Crippen LogP contribution in [0.5, 0.6) is 0 Å². The molecule has 2 heterocycles. The molecule has 0 saturated heterocycles. The second-order valence-electron chi connectivity index (χ2n) is 6.82. The summed E-state index contributed by atoms with van der Waals surface area (Å²) in [6.07, 6.45) is -2.52. The van der Waals surface area contributed by atoms with Crippen LogP contribution in [0, 0.1) is 5.41 Å². The van der Waals surface area contributed by atoms with Gasteiger partial charge in [0.2, 0.25) is 0 Å². The second kappa shape index (κ2) is 6.79. The molecule has 0 aliphatic carbocycles. The van der Waals surface area contributed by atoms with Crippen LogP contribution in [0.2, 0.25) is 5.02 Å². The van der Waals surface area contributed by atoms with Gasteiger partial charge in [-0.05, 0) is 13.0 Å². The average molecular weight is 396 g/mol.